The zero-order valence-corrected chi connectivity index (χ0v) is 9.21. The third-order valence-corrected chi connectivity index (χ3v) is 2.26. The zero-order valence-electron chi connectivity index (χ0n) is 9.21. The number of imidazole rings is 1. The van der Waals surface area contributed by atoms with Gasteiger partial charge >= 0.3 is 5.97 Å². The van der Waals surface area contributed by atoms with Crippen molar-refractivity contribution in [1.82, 2.24) is 15.0 Å². The van der Waals surface area contributed by atoms with Crippen molar-refractivity contribution in [2.24, 2.45) is 0 Å². The molecular weight excluding hydrogens is 218 g/mol. The van der Waals surface area contributed by atoms with Gasteiger partial charge in [-0.3, -0.25) is 4.98 Å². The van der Waals surface area contributed by atoms with E-state index in [0.29, 0.717) is 11.5 Å². The van der Waals surface area contributed by atoms with E-state index in [2.05, 4.69) is 15.0 Å². The van der Waals surface area contributed by atoms with Gasteiger partial charge in [0.1, 0.15) is 5.82 Å². The maximum atomic E-state index is 10.4. The highest BCUT2D eigenvalue weighted by molar-refractivity contribution is 5.85. The first-order chi connectivity index (χ1) is 8.16. The molecule has 0 atom stereocenters. The van der Waals surface area contributed by atoms with E-state index in [1.807, 2.05) is 19.1 Å². The molecule has 2 rings (SSSR count). The number of carboxylic acids is 1. The Morgan fingerprint density at radius 1 is 1.41 bits per heavy atom. The average Bonchev–Trinajstić information content (AvgIpc) is 2.69. The van der Waals surface area contributed by atoms with Crippen LogP contribution in [0.1, 0.15) is 11.4 Å². The second-order valence-corrected chi connectivity index (χ2v) is 3.50. The quantitative estimate of drug-likeness (QED) is 0.787. The largest absolute Gasteiger partial charge is 0.478 e. The molecule has 2 aromatic heterocycles. The number of rotatable bonds is 3. The summed E-state index contributed by atoms with van der Waals surface area (Å²) in [6.45, 7) is 1.85. The van der Waals surface area contributed by atoms with Crippen molar-refractivity contribution in [2.75, 3.05) is 0 Å². The summed E-state index contributed by atoms with van der Waals surface area (Å²) in [6.07, 6.45) is 5.90. The van der Waals surface area contributed by atoms with E-state index >= 15 is 0 Å². The van der Waals surface area contributed by atoms with Gasteiger partial charge in [0, 0.05) is 29.7 Å². The Bertz CT molecular complexity index is 558. The van der Waals surface area contributed by atoms with Crippen LogP contribution in [0.25, 0.3) is 17.5 Å². The van der Waals surface area contributed by atoms with Crippen LogP contribution in [-0.2, 0) is 4.79 Å². The van der Waals surface area contributed by atoms with Crippen molar-refractivity contribution in [3.63, 3.8) is 0 Å². The molecule has 5 nitrogen and oxygen atoms in total. The first-order valence-electron chi connectivity index (χ1n) is 5.05. The lowest BCUT2D eigenvalue weighted by molar-refractivity contribution is -0.131. The van der Waals surface area contributed by atoms with E-state index in [1.54, 1.807) is 12.4 Å². The average molecular weight is 229 g/mol. The monoisotopic (exact) mass is 229 g/mol. The van der Waals surface area contributed by atoms with Gasteiger partial charge in [0.2, 0.25) is 0 Å². The Balaban J connectivity index is 2.34. The lowest BCUT2D eigenvalue weighted by Crippen LogP contribution is -1.86. The number of nitrogens with one attached hydrogen (secondary N) is 1. The minimum absolute atomic E-state index is 0.624. The van der Waals surface area contributed by atoms with Crippen molar-refractivity contribution in [1.29, 1.82) is 0 Å². The molecule has 2 aromatic rings. The van der Waals surface area contributed by atoms with Crippen molar-refractivity contribution in [2.45, 2.75) is 6.92 Å². The lowest BCUT2D eigenvalue weighted by Gasteiger charge is -1.93. The fourth-order valence-corrected chi connectivity index (χ4v) is 1.43. The summed E-state index contributed by atoms with van der Waals surface area (Å²) in [4.78, 5) is 21.8. The fourth-order valence-electron chi connectivity index (χ4n) is 1.43. The van der Waals surface area contributed by atoms with Crippen LogP contribution in [0.3, 0.4) is 0 Å². The third kappa shape index (κ3) is 2.57. The summed E-state index contributed by atoms with van der Waals surface area (Å²) in [7, 11) is 0. The number of nitrogens with zero attached hydrogens (tertiary/aromatic N) is 2. The number of aromatic nitrogens is 3. The highest BCUT2D eigenvalue weighted by Gasteiger charge is 2.06. The highest BCUT2D eigenvalue weighted by Crippen LogP contribution is 2.17. The van der Waals surface area contributed by atoms with E-state index < -0.39 is 5.97 Å². The Morgan fingerprint density at radius 2 is 2.12 bits per heavy atom. The molecule has 86 valence electrons. The number of hydrogen-bond donors (Lipinski definition) is 2. The number of pyridine rings is 1. The summed E-state index contributed by atoms with van der Waals surface area (Å²) in [5.41, 5.74) is 2.37. The first-order valence-corrected chi connectivity index (χ1v) is 5.05. The molecule has 17 heavy (non-hydrogen) atoms. The number of carboxylic acid groups (broad SMARTS) is 1. The molecule has 0 fully saturated rings. The Labute approximate surface area is 97.9 Å². The Morgan fingerprint density at radius 3 is 2.76 bits per heavy atom. The molecule has 0 saturated heterocycles. The van der Waals surface area contributed by atoms with Crippen LogP contribution < -0.4 is 0 Å². The lowest BCUT2D eigenvalue weighted by atomic mass is 10.2. The van der Waals surface area contributed by atoms with Crippen molar-refractivity contribution < 1.29 is 9.90 Å². The van der Waals surface area contributed by atoms with Crippen LogP contribution in [0.4, 0.5) is 0 Å². The maximum Gasteiger partial charge on any atom is 0.328 e. The predicted molar refractivity (Wildman–Crippen MR) is 63.2 cm³/mol. The number of aryl methyl sites for hydroxylation is 1. The SMILES string of the molecule is Cc1[nH]c(-c2ccncc2)nc1/C=C/C(=O)O. The molecule has 0 aliphatic carbocycles. The molecule has 0 aromatic carbocycles. The summed E-state index contributed by atoms with van der Waals surface area (Å²) in [6, 6.07) is 3.67. The van der Waals surface area contributed by atoms with E-state index in [4.69, 9.17) is 5.11 Å². The molecule has 0 amide bonds. The van der Waals surface area contributed by atoms with E-state index in [0.717, 1.165) is 17.3 Å². The molecule has 2 N–H and O–H groups in total. The molecule has 0 radical (unpaired) electrons. The van der Waals surface area contributed by atoms with Crippen LogP contribution >= 0.6 is 0 Å². The van der Waals surface area contributed by atoms with Gasteiger partial charge in [-0.1, -0.05) is 0 Å². The third-order valence-electron chi connectivity index (χ3n) is 2.26. The Kier molecular flexibility index (Phi) is 3.00. The van der Waals surface area contributed by atoms with Gasteiger partial charge in [-0.15, -0.1) is 0 Å². The molecule has 0 aliphatic rings. The minimum atomic E-state index is -0.988. The summed E-state index contributed by atoms with van der Waals surface area (Å²) < 4.78 is 0. The van der Waals surface area contributed by atoms with Crippen LogP contribution in [-0.4, -0.2) is 26.0 Å². The van der Waals surface area contributed by atoms with Gasteiger partial charge in [0.05, 0.1) is 5.69 Å². The van der Waals surface area contributed by atoms with E-state index in [1.165, 1.54) is 6.08 Å². The van der Waals surface area contributed by atoms with Gasteiger partial charge in [-0.25, -0.2) is 9.78 Å². The predicted octanol–water partition coefficient (Wildman–Crippen LogP) is 1.88. The first kappa shape index (κ1) is 11.1. The topological polar surface area (TPSA) is 78.9 Å². The second kappa shape index (κ2) is 4.61. The second-order valence-electron chi connectivity index (χ2n) is 3.50. The van der Waals surface area contributed by atoms with Crippen LogP contribution in [0.15, 0.2) is 30.6 Å². The number of carbonyl (C=O) groups is 1. The normalized spacial score (nSPS) is 10.9. The number of hydrogen-bond acceptors (Lipinski definition) is 3. The molecule has 0 aliphatic heterocycles. The summed E-state index contributed by atoms with van der Waals surface area (Å²) in [5, 5.41) is 8.56. The molecule has 0 unspecified atom stereocenters. The summed E-state index contributed by atoms with van der Waals surface area (Å²) in [5.74, 6) is -0.284. The maximum absolute atomic E-state index is 10.4. The van der Waals surface area contributed by atoms with Crippen LogP contribution in [0, 0.1) is 6.92 Å². The van der Waals surface area contributed by atoms with Gasteiger partial charge in [0.25, 0.3) is 0 Å². The molecule has 0 saturated carbocycles. The smallest absolute Gasteiger partial charge is 0.328 e. The van der Waals surface area contributed by atoms with Crippen molar-refractivity contribution in [3.8, 4) is 11.4 Å². The van der Waals surface area contributed by atoms with E-state index in [9.17, 15) is 4.79 Å². The number of H-pyrrole nitrogens is 1. The van der Waals surface area contributed by atoms with Crippen molar-refractivity contribution >= 4 is 12.0 Å². The molecule has 2 heterocycles. The fraction of sp³-hybridized carbons (Fsp3) is 0.0833. The standard InChI is InChI=1S/C12H11N3O2/c1-8-10(2-3-11(16)17)15-12(14-8)9-4-6-13-7-5-9/h2-7H,1H3,(H,14,15)(H,16,17)/b3-2+. The van der Waals surface area contributed by atoms with Crippen molar-refractivity contribution in [3.05, 3.63) is 42.0 Å². The van der Waals surface area contributed by atoms with E-state index in [-0.39, 0.29) is 0 Å². The molecule has 0 spiro atoms. The zero-order chi connectivity index (χ0) is 12.3. The van der Waals surface area contributed by atoms with Crippen LogP contribution in [0.5, 0.6) is 0 Å². The molecular formula is C12H11N3O2. The highest BCUT2D eigenvalue weighted by atomic mass is 16.4. The molecule has 0 bridgehead atoms. The van der Waals surface area contributed by atoms with Gasteiger partial charge in [-0.2, -0.15) is 0 Å². The van der Waals surface area contributed by atoms with Gasteiger partial charge in [-0.05, 0) is 25.1 Å². The minimum Gasteiger partial charge on any atom is -0.478 e. The number of aromatic amines is 1. The van der Waals surface area contributed by atoms with Gasteiger partial charge in [0.15, 0.2) is 0 Å². The molecule has 5 heteroatoms. The number of aliphatic carboxylic acids is 1. The Hall–Kier alpha value is -2.43. The summed E-state index contributed by atoms with van der Waals surface area (Å²) >= 11 is 0. The van der Waals surface area contributed by atoms with Crippen LogP contribution in [0.2, 0.25) is 0 Å². The van der Waals surface area contributed by atoms with Gasteiger partial charge < -0.3 is 10.1 Å².